The molecule has 0 spiro atoms. The molecule has 1 N–H and O–H groups in total. The van der Waals surface area contributed by atoms with E-state index in [0.717, 1.165) is 18.5 Å². The molecule has 1 aliphatic rings. The fraction of sp³-hybridized carbons (Fsp3) is 0.538. The number of hydrogen-bond donors (Lipinski definition) is 1. The summed E-state index contributed by atoms with van der Waals surface area (Å²) >= 11 is 0. The maximum Gasteiger partial charge on any atom is 0.263 e. The Labute approximate surface area is 94.9 Å². The molecule has 0 amide bonds. The molecule has 1 aliphatic heterocycles. The smallest absolute Gasteiger partial charge is 0.263 e. The summed E-state index contributed by atoms with van der Waals surface area (Å²) in [5.41, 5.74) is 1.25. The molecule has 1 fully saturated rings. The zero-order valence-corrected chi connectivity index (χ0v) is 9.26. The summed E-state index contributed by atoms with van der Waals surface area (Å²) in [6, 6.07) is 7.22. The zero-order valence-electron chi connectivity index (χ0n) is 9.26. The zero-order chi connectivity index (χ0) is 11.4. The van der Waals surface area contributed by atoms with Crippen LogP contribution in [0.3, 0.4) is 0 Å². The van der Waals surface area contributed by atoms with Crippen LogP contribution in [0.4, 0.5) is 8.78 Å². The first-order valence-corrected chi connectivity index (χ1v) is 5.86. The summed E-state index contributed by atoms with van der Waals surface area (Å²) in [5, 5.41) is 3.46. The first kappa shape index (κ1) is 11.5. The van der Waals surface area contributed by atoms with E-state index in [0.29, 0.717) is 6.04 Å². The second kappa shape index (κ2) is 5.39. The average molecular weight is 225 g/mol. The van der Waals surface area contributed by atoms with Gasteiger partial charge in [-0.3, -0.25) is 0 Å². The highest BCUT2D eigenvalue weighted by atomic mass is 19.3. The molecule has 1 unspecified atom stereocenters. The second-order valence-corrected chi connectivity index (χ2v) is 4.39. The van der Waals surface area contributed by atoms with E-state index in [1.807, 2.05) is 12.1 Å². The van der Waals surface area contributed by atoms with Gasteiger partial charge in [0, 0.05) is 11.6 Å². The molecule has 0 bridgehead atoms. The molecule has 1 aromatic carbocycles. The largest absolute Gasteiger partial charge is 0.314 e. The van der Waals surface area contributed by atoms with E-state index in [2.05, 4.69) is 5.32 Å². The van der Waals surface area contributed by atoms with Crippen LogP contribution in [-0.4, -0.2) is 12.6 Å². The van der Waals surface area contributed by atoms with Gasteiger partial charge in [-0.05, 0) is 31.4 Å². The Kier molecular flexibility index (Phi) is 3.88. The van der Waals surface area contributed by atoms with Crippen LogP contribution in [0.1, 0.15) is 36.8 Å². The third-order valence-electron chi connectivity index (χ3n) is 3.13. The summed E-state index contributed by atoms with van der Waals surface area (Å²) in [6.07, 6.45) is 2.30. The maximum atomic E-state index is 12.3. The van der Waals surface area contributed by atoms with E-state index in [4.69, 9.17) is 0 Å². The lowest BCUT2D eigenvalue weighted by Crippen LogP contribution is -2.35. The molecule has 16 heavy (non-hydrogen) atoms. The highest BCUT2D eigenvalue weighted by Gasteiger charge is 2.13. The van der Waals surface area contributed by atoms with Crippen LogP contribution in [0.15, 0.2) is 24.3 Å². The van der Waals surface area contributed by atoms with Crippen molar-refractivity contribution in [1.29, 1.82) is 0 Å². The summed E-state index contributed by atoms with van der Waals surface area (Å²) in [6.45, 7) is 1.08. The average Bonchev–Trinajstić information content (AvgIpc) is 2.31. The number of hydrogen-bond acceptors (Lipinski definition) is 1. The molecule has 3 heteroatoms. The van der Waals surface area contributed by atoms with Crippen LogP contribution >= 0.6 is 0 Å². The fourth-order valence-corrected chi connectivity index (χ4v) is 2.18. The minimum absolute atomic E-state index is 0.111. The molecule has 1 heterocycles. The predicted molar refractivity (Wildman–Crippen MR) is 60.7 cm³/mol. The Morgan fingerprint density at radius 3 is 2.50 bits per heavy atom. The molecule has 88 valence electrons. The lowest BCUT2D eigenvalue weighted by molar-refractivity contribution is 0.151. The number of benzene rings is 1. The second-order valence-electron chi connectivity index (χ2n) is 4.39. The Morgan fingerprint density at radius 1 is 1.19 bits per heavy atom. The lowest BCUT2D eigenvalue weighted by atomic mass is 9.97. The Balaban J connectivity index is 1.93. The number of alkyl halides is 2. The van der Waals surface area contributed by atoms with Gasteiger partial charge in [0.25, 0.3) is 6.43 Å². The van der Waals surface area contributed by atoms with Gasteiger partial charge in [-0.2, -0.15) is 0 Å². The number of halogens is 2. The van der Waals surface area contributed by atoms with E-state index >= 15 is 0 Å². The molecule has 0 saturated carbocycles. The van der Waals surface area contributed by atoms with Crippen molar-refractivity contribution in [1.82, 2.24) is 5.32 Å². The fourth-order valence-electron chi connectivity index (χ4n) is 2.18. The highest BCUT2D eigenvalue weighted by molar-refractivity contribution is 5.24. The first-order chi connectivity index (χ1) is 7.75. The van der Waals surface area contributed by atoms with Gasteiger partial charge in [0.15, 0.2) is 0 Å². The third kappa shape index (κ3) is 3.01. The standard InChI is InChI=1S/C13H17F2N/c14-13(15)11-6-4-10(5-7-11)9-12-3-1-2-8-16-12/h4-7,12-13,16H,1-3,8-9H2. The van der Waals surface area contributed by atoms with Crippen molar-refractivity contribution < 1.29 is 8.78 Å². The number of rotatable bonds is 3. The monoisotopic (exact) mass is 225 g/mol. The molecule has 0 radical (unpaired) electrons. The van der Waals surface area contributed by atoms with Crippen molar-refractivity contribution in [3.8, 4) is 0 Å². The molecule has 1 saturated heterocycles. The highest BCUT2D eigenvalue weighted by Crippen LogP contribution is 2.20. The molecular weight excluding hydrogens is 208 g/mol. The Bertz CT molecular complexity index is 315. The van der Waals surface area contributed by atoms with Crippen LogP contribution < -0.4 is 5.32 Å². The predicted octanol–water partition coefficient (Wildman–Crippen LogP) is 3.31. The van der Waals surface area contributed by atoms with Crippen LogP contribution in [0, 0.1) is 0 Å². The number of nitrogens with one attached hydrogen (secondary N) is 1. The van der Waals surface area contributed by atoms with Crippen LogP contribution in [0.5, 0.6) is 0 Å². The maximum absolute atomic E-state index is 12.3. The SMILES string of the molecule is FC(F)c1ccc(CC2CCCCN2)cc1. The van der Waals surface area contributed by atoms with Gasteiger partial charge in [-0.1, -0.05) is 30.7 Å². The van der Waals surface area contributed by atoms with Crippen molar-refractivity contribution in [3.05, 3.63) is 35.4 Å². The van der Waals surface area contributed by atoms with Gasteiger partial charge < -0.3 is 5.32 Å². The lowest BCUT2D eigenvalue weighted by Gasteiger charge is -2.23. The molecule has 0 aromatic heterocycles. The van der Waals surface area contributed by atoms with Crippen molar-refractivity contribution in [2.45, 2.75) is 38.2 Å². The Morgan fingerprint density at radius 2 is 1.94 bits per heavy atom. The van der Waals surface area contributed by atoms with Gasteiger partial charge in [0.2, 0.25) is 0 Å². The third-order valence-corrected chi connectivity index (χ3v) is 3.13. The van der Waals surface area contributed by atoms with Gasteiger partial charge in [0.05, 0.1) is 0 Å². The first-order valence-electron chi connectivity index (χ1n) is 5.86. The molecule has 1 nitrogen and oxygen atoms in total. The summed E-state index contributed by atoms with van der Waals surface area (Å²) in [4.78, 5) is 0. The topological polar surface area (TPSA) is 12.0 Å². The van der Waals surface area contributed by atoms with E-state index < -0.39 is 6.43 Å². The van der Waals surface area contributed by atoms with Crippen molar-refractivity contribution >= 4 is 0 Å². The van der Waals surface area contributed by atoms with Gasteiger partial charge in [0.1, 0.15) is 0 Å². The van der Waals surface area contributed by atoms with Crippen molar-refractivity contribution in [2.75, 3.05) is 6.54 Å². The van der Waals surface area contributed by atoms with E-state index in [1.54, 1.807) is 0 Å². The minimum Gasteiger partial charge on any atom is -0.314 e. The molecule has 1 aromatic rings. The van der Waals surface area contributed by atoms with Gasteiger partial charge >= 0.3 is 0 Å². The quantitative estimate of drug-likeness (QED) is 0.832. The molecule has 1 atom stereocenters. The summed E-state index contributed by atoms with van der Waals surface area (Å²) in [5.74, 6) is 0. The van der Waals surface area contributed by atoms with Crippen LogP contribution in [0.25, 0.3) is 0 Å². The van der Waals surface area contributed by atoms with E-state index in [-0.39, 0.29) is 5.56 Å². The normalized spacial score (nSPS) is 21.3. The van der Waals surface area contributed by atoms with Crippen molar-refractivity contribution in [2.24, 2.45) is 0 Å². The van der Waals surface area contributed by atoms with E-state index in [9.17, 15) is 8.78 Å². The summed E-state index contributed by atoms with van der Waals surface area (Å²) < 4.78 is 24.7. The Hall–Kier alpha value is -0.960. The molecule has 2 rings (SSSR count). The van der Waals surface area contributed by atoms with Gasteiger partial charge in [-0.15, -0.1) is 0 Å². The van der Waals surface area contributed by atoms with Crippen LogP contribution in [0.2, 0.25) is 0 Å². The number of piperidine rings is 1. The van der Waals surface area contributed by atoms with Crippen molar-refractivity contribution in [3.63, 3.8) is 0 Å². The van der Waals surface area contributed by atoms with E-state index in [1.165, 1.54) is 31.4 Å². The van der Waals surface area contributed by atoms with Gasteiger partial charge in [-0.25, -0.2) is 8.78 Å². The minimum atomic E-state index is -2.36. The summed E-state index contributed by atoms with van der Waals surface area (Å²) in [7, 11) is 0. The van der Waals surface area contributed by atoms with Crippen LogP contribution in [-0.2, 0) is 6.42 Å². The molecule has 0 aliphatic carbocycles. The molecular formula is C13H17F2N.